The zero-order valence-electron chi connectivity index (χ0n) is 17.6. The fourth-order valence-corrected chi connectivity index (χ4v) is 3.43. The zero-order chi connectivity index (χ0) is 20.8. The van der Waals surface area contributed by atoms with E-state index >= 15 is 0 Å². The first kappa shape index (κ1) is 25.4. The molecule has 1 aliphatic heterocycles. The number of carbonyl (C=O) groups excluding carboxylic acids is 1. The molecule has 3 heterocycles. The van der Waals surface area contributed by atoms with Gasteiger partial charge in [-0.1, -0.05) is 6.07 Å². The maximum Gasteiger partial charge on any atom is 0.272 e. The summed E-state index contributed by atoms with van der Waals surface area (Å²) in [5.41, 5.74) is 2.11. The number of benzene rings is 1. The molecule has 4 rings (SSSR count). The minimum absolute atomic E-state index is 0. The lowest BCUT2D eigenvalue weighted by molar-refractivity contribution is 0.0553. The van der Waals surface area contributed by atoms with Crippen molar-refractivity contribution < 1.29 is 14.3 Å². The highest BCUT2D eigenvalue weighted by Crippen LogP contribution is 2.21. The van der Waals surface area contributed by atoms with Crippen molar-refractivity contribution in [2.45, 2.75) is 6.04 Å². The highest BCUT2D eigenvalue weighted by atomic mass is 35.5. The standard InChI is InChI=1S/C23H24N4O3.2ClH/c1-29-19-9-7-17(8-10-19)21-5-2-6-22(26-21)23(28)27-13-12-25-14-18(27)16-30-20-4-3-11-24-15-20;;/h2-11,15,18,25H,12-14,16H2,1H3;2*1H. The summed E-state index contributed by atoms with van der Waals surface area (Å²) in [5, 5.41) is 3.33. The van der Waals surface area contributed by atoms with Crippen LogP contribution >= 0.6 is 24.8 Å². The average Bonchev–Trinajstić information content (AvgIpc) is 2.83. The van der Waals surface area contributed by atoms with E-state index in [9.17, 15) is 4.79 Å². The van der Waals surface area contributed by atoms with Crippen LogP contribution in [0.2, 0.25) is 0 Å². The minimum Gasteiger partial charge on any atom is -0.497 e. The van der Waals surface area contributed by atoms with Crippen LogP contribution in [0.1, 0.15) is 10.5 Å². The number of amides is 1. The van der Waals surface area contributed by atoms with Crippen molar-refractivity contribution in [2.75, 3.05) is 33.4 Å². The number of rotatable bonds is 6. The van der Waals surface area contributed by atoms with Crippen molar-refractivity contribution in [2.24, 2.45) is 0 Å². The number of ether oxygens (including phenoxy) is 2. The summed E-state index contributed by atoms with van der Waals surface area (Å²) in [6.45, 7) is 2.41. The molecule has 1 N–H and O–H groups in total. The van der Waals surface area contributed by atoms with Crippen LogP contribution in [0, 0.1) is 0 Å². The zero-order valence-corrected chi connectivity index (χ0v) is 19.3. The van der Waals surface area contributed by atoms with Gasteiger partial charge in [0.25, 0.3) is 5.91 Å². The van der Waals surface area contributed by atoms with Gasteiger partial charge in [-0.3, -0.25) is 9.78 Å². The molecule has 1 saturated heterocycles. The summed E-state index contributed by atoms with van der Waals surface area (Å²) in [7, 11) is 1.63. The normalized spacial score (nSPS) is 15.2. The van der Waals surface area contributed by atoms with Gasteiger partial charge in [0, 0.05) is 31.4 Å². The second-order valence-electron chi connectivity index (χ2n) is 6.99. The fraction of sp³-hybridized carbons (Fsp3) is 0.261. The molecule has 1 aliphatic rings. The highest BCUT2D eigenvalue weighted by molar-refractivity contribution is 5.93. The predicted molar refractivity (Wildman–Crippen MR) is 128 cm³/mol. The first-order valence-electron chi connectivity index (χ1n) is 9.90. The predicted octanol–water partition coefficient (Wildman–Crippen LogP) is 3.49. The van der Waals surface area contributed by atoms with Gasteiger partial charge in [-0.15, -0.1) is 24.8 Å². The molecular formula is C23H26Cl2N4O3. The van der Waals surface area contributed by atoms with Crippen LogP contribution in [0.25, 0.3) is 11.3 Å². The molecule has 9 heteroatoms. The molecule has 0 bridgehead atoms. The largest absolute Gasteiger partial charge is 0.497 e. The smallest absolute Gasteiger partial charge is 0.272 e. The number of pyridine rings is 2. The van der Waals surface area contributed by atoms with Crippen molar-refractivity contribution in [3.05, 3.63) is 72.7 Å². The molecule has 1 aromatic carbocycles. The number of piperazine rings is 1. The van der Waals surface area contributed by atoms with E-state index < -0.39 is 0 Å². The number of aromatic nitrogens is 2. The van der Waals surface area contributed by atoms with Crippen molar-refractivity contribution >= 4 is 30.7 Å². The molecule has 0 spiro atoms. The quantitative estimate of drug-likeness (QED) is 0.586. The number of methoxy groups -OCH3 is 1. The topological polar surface area (TPSA) is 76.6 Å². The van der Waals surface area contributed by atoms with E-state index in [-0.39, 0.29) is 36.8 Å². The van der Waals surface area contributed by atoms with Crippen LogP contribution in [-0.2, 0) is 0 Å². The molecule has 0 radical (unpaired) electrons. The van der Waals surface area contributed by atoms with E-state index in [0.717, 1.165) is 23.6 Å². The van der Waals surface area contributed by atoms with Crippen LogP contribution in [0.3, 0.4) is 0 Å². The molecule has 2 aromatic heterocycles. The third-order valence-electron chi connectivity index (χ3n) is 5.04. The maximum atomic E-state index is 13.3. The van der Waals surface area contributed by atoms with Gasteiger partial charge in [-0.25, -0.2) is 4.98 Å². The molecule has 0 saturated carbocycles. The Morgan fingerprint density at radius 3 is 2.62 bits per heavy atom. The molecule has 1 fully saturated rings. The van der Waals surface area contributed by atoms with Crippen molar-refractivity contribution in [1.82, 2.24) is 20.2 Å². The van der Waals surface area contributed by atoms with Gasteiger partial charge in [0.15, 0.2) is 0 Å². The molecule has 3 aromatic rings. The van der Waals surface area contributed by atoms with E-state index in [4.69, 9.17) is 9.47 Å². The molecule has 1 atom stereocenters. The Kier molecular flexibility index (Phi) is 9.71. The first-order valence-corrected chi connectivity index (χ1v) is 9.90. The molecule has 0 aliphatic carbocycles. The third-order valence-corrected chi connectivity index (χ3v) is 5.04. The van der Waals surface area contributed by atoms with Crippen LogP contribution in [0.15, 0.2) is 67.0 Å². The van der Waals surface area contributed by atoms with E-state index in [2.05, 4.69) is 15.3 Å². The van der Waals surface area contributed by atoms with Gasteiger partial charge >= 0.3 is 0 Å². The van der Waals surface area contributed by atoms with Gasteiger partial charge < -0.3 is 19.7 Å². The summed E-state index contributed by atoms with van der Waals surface area (Å²) in [6.07, 6.45) is 3.37. The summed E-state index contributed by atoms with van der Waals surface area (Å²) in [4.78, 5) is 23.8. The molecule has 1 amide bonds. The van der Waals surface area contributed by atoms with Gasteiger partial charge in [0.05, 0.1) is 25.0 Å². The summed E-state index contributed by atoms with van der Waals surface area (Å²) in [5.74, 6) is 1.38. The minimum atomic E-state index is -0.0911. The lowest BCUT2D eigenvalue weighted by Crippen LogP contribution is -2.56. The number of hydrogen-bond donors (Lipinski definition) is 1. The molecule has 1 unspecified atom stereocenters. The van der Waals surface area contributed by atoms with Crippen LogP contribution in [-0.4, -0.2) is 60.2 Å². The van der Waals surface area contributed by atoms with Crippen molar-refractivity contribution in [3.63, 3.8) is 0 Å². The maximum absolute atomic E-state index is 13.3. The Morgan fingerprint density at radius 1 is 1.09 bits per heavy atom. The summed E-state index contributed by atoms with van der Waals surface area (Å²) in [6, 6.07) is 16.8. The van der Waals surface area contributed by atoms with E-state index in [0.29, 0.717) is 31.1 Å². The van der Waals surface area contributed by atoms with E-state index in [1.807, 2.05) is 53.4 Å². The van der Waals surface area contributed by atoms with E-state index in [1.54, 1.807) is 25.6 Å². The second kappa shape index (κ2) is 12.2. The third kappa shape index (κ3) is 6.09. The lowest BCUT2D eigenvalue weighted by Gasteiger charge is -2.35. The monoisotopic (exact) mass is 476 g/mol. The summed E-state index contributed by atoms with van der Waals surface area (Å²) < 4.78 is 11.1. The van der Waals surface area contributed by atoms with Crippen molar-refractivity contribution in [1.29, 1.82) is 0 Å². The average molecular weight is 477 g/mol. The number of hydrogen-bond acceptors (Lipinski definition) is 6. The van der Waals surface area contributed by atoms with Gasteiger partial charge in [0.1, 0.15) is 23.8 Å². The van der Waals surface area contributed by atoms with Crippen LogP contribution < -0.4 is 14.8 Å². The molecule has 7 nitrogen and oxygen atoms in total. The SMILES string of the molecule is COc1ccc(-c2cccc(C(=O)N3CCNCC3COc3cccnc3)n2)cc1.Cl.Cl. The highest BCUT2D eigenvalue weighted by Gasteiger charge is 2.28. The Morgan fingerprint density at radius 2 is 1.91 bits per heavy atom. The summed E-state index contributed by atoms with van der Waals surface area (Å²) >= 11 is 0. The number of nitrogens with zero attached hydrogens (tertiary/aromatic N) is 3. The Labute approximate surface area is 200 Å². The molecule has 32 heavy (non-hydrogen) atoms. The molecule has 170 valence electrons. The fourth-order valence-electron chi connectivity index (χ4n) is 3.43. The Hall–Kier alpha value is -2.87. The van der Waals surface area contributed by atoms with Crippen LogP contribution in [0.5, 0.6) is 11.5 Å². The number of halogens is 2. The lowest BCUT2D eigenvalue weighted by atomic mass is 10.1. The first-order chi connectivity index (χ1) is 14.7. The van der Waals surface area contributed by atoms with Gasteiger partial charge in [0.2, 0.25) is 0 Å². The Balaban J connectivity index is 0.00000181. The van der Waals surface area contributed by atoms with Gasteiger partial charge in [-0.2, -0.15) is 0 Å². The Bertz CT molecular complexity index is 990. The van der Waals surface area contributed by atoms with Crippen molar-refractivity contribution in [3.8, 4) is 22.8 Å². The van der Waals surface area contributed by atoms with Gasteiger partial charge in [-0.05, 0) is 48.5 Å². The number of carbonyl (C=O) groups is 1. The molecular weight excluding hydrogens is 451 g/mol. The van der Waals surface area contributed by atoms with Crippen LogP contribution in [0.4, 0.5) is 0 Å². The van der Waals surface area contributed by atoms with E-state index in [1.165, 1.54) is 0 Å². The number of nitrogens with one attached hydrogen (secondary N) is 1. The second-order valence-corrected chi connectivity index (χ2v) is 6.99.